The van der Waals surface area contributed by atoms with Gasteiger partial charge in [0, 0.05) is 24.7 Å². The molecule has 0 aliphatic carbocycles. The Morgan fingerprint density at radius 1 is 1.53 bits per heavy atom. The number of carbonyl (C=O) groups is 1. The summed E-state index contributed by atoms with van der Waals surface area (Å²) in [5.41, 5.74) is 2.88. The third kappa shape index (κ3) is 2.20. The van der Waals surface area contributed by atoms with Gasteiger partial charge in [0.1, 0.15) is 0 Å². The van der Waals surface area contributed by atoms with Crippen LogP contribution in [0.25, 0.3) is 0 Å². The van der Waals surface area contributed by atoms with Crippen LogP contribution in [0.3, 0.4) is 0 Å². The number of hydrogen-bond donors (Lipinski definition) is 0. The minimum atomic E-state index is -0.0407. The molecule has 0 N–H and O–H groups in total. The van der Waals surface area contributed by atoms with Crippen molar-refractivity contribution in [2.24, 2.45) is 7.05 Å². The van der Waals surface area contributed by atoms with Crippen LogP contribution in [0.1, 0.15) is 27.5 Å². The first-order valence-electron chi connectivity index (χ1n) is 5.26. The van der Waals surface area contributed by atoms with E-state index in [1.54, 1.807) is 10.7 Å². The lowest BCUT2D eigenvalue weighted by molar-refractivity contribution is 0.0965. The van der Waals surface area contributed by atoms with Gasteiger partial charge >= 0.3 is 0 Å². The maximum absolute atomic E-state index is 12.0. The molecule has 0 saturated carbocycles. The van der Waals surface area contributed by atoms with Crippen molar-refractivity contribution in [3.63, 3.8) is 0 Å². The molecule has 0 bridgehead atoms. The van der Waals surface area contributed by atoms with Gasteiger partial charge in [0.05, 0.1) is 16.4 Å². The monoisotopic (exact) mass is 296 g/mol. The number of nitrogens with zero attached hydrogens (tertiary/aromatic N) is 2. The molecule has 0 atom stereocenters. The number of hydrogen-bond acceptors (Lipinski definition) is 3. The summed E-state index contributed by atoms with van der Waals surface area (Å²) in [6.07, 6.45) is 1.82. The molecule has 2 heterocycles. The van der Waals surface area contributed by atoms with E-state index in [0.29, 0.717) is 16.7 Å². The largest absolute Gasteiger partial charge is 0.460 e. The zero-order valence-corrected chi connectivity index (χ0v) is 11.5. The van der Waals surface area contributed by atoms with Gasteiger partial charge < -0.3 is 4.42 Å². The lowest BCUT2D eigenvalue weighted by Crippen LogP contribution is -2.05. The van der Waals surface area contributed by atoms with Gasteiger partial charge in [-0.2, -0.15) is 5.10 Å². The molecular formula is C12H13BrN2O2. The predicted octanol–water partition coefficient (Wildman–Crippen LogP) is 2.82. The molecule has 0 fully saturated rings. The number of ketones is 1. The van der Waals surface area contributed by atoms with Crippen molar-refractivity contribution in [3.8, 4) is 0 Å². The van der Waals surface area contributed by atoms with E-state index in [1.807, 2.05) is 20.9 Å². The Kier molecular flexibility index (Phi) is 3.19. The normalized spacial score (nSPS) is 10.8. The van der Waals surface area contributed by atoms with Gasteiger partial charge in [0.25, 0.3) is 0 Å². The Hall–Kier alpha value is -1.36. The molecule has 0 aliphatic heterocycles. The summed E-state index contributed by atoms with van der Waals surface area (Å²) in [7, 11) is 1.87. The van der Waals surface area contributed by atoms with Crippen LogP contribution in [-0.2, 0) is 13.5 Å². The fourth-order valence-corrected chi connectivity index (χ4v) is 2.23. The topological polar surface area (TPSA) is 48.0 Å². The van der Waals surface area contributed by atoms with Crippen molar-refractivity contribution in [3.05, 3.63) is 39.5 Å². The predicted molar refractivity (Wildman–Crippen MR) is 67.1 cm³/mol. The molecule has 2 rings (SSSR count). The number of Topliss-reactive ketones (excluding diaryl/α,β-unsaturated/α-hetero) is 1. The van der Waals surface area contributed by atoms with Crippen molar-refractivity contribution in [2.75, 3.05) is 0 Å². The smallest absolute Gasteiger partial charge is 0.203 e. The lowest BCUT2D eigenvalue weighted by Gasteiger charge is -2.00. The summed E-state index contributed by atoms with van der Waals surface area (Å²) in [6.45, 7) is 3.87. The lowest BCUT2D eigenvalue weighted by atomic mass is 10.1. The van der Waals surface area contributed by atoms with Crippen molar-refractivity contribution in [1.29, 1.82) is 0 Å². The molecule has 2 aromatic heterocycles. The zero-order valence-electron chi connectivity index (χ0n) is 9.95. The molecular weight excluding hydrogens is 284 g/mol. The van der Waals surface area contributed by atoms with Crippen LogP contribution in [0.2, 0.25) is 0 Å². The van der Waals surface area contributed by atoms with E-state index in [0.717, 1.165) is 17.0 Å². The van der Waals surface area contributed by atoms with Gasteiger partial charge in [-0.25, -0.2) is 0 Å². The van der Waals surface area contributed by atoms with Gasteiger partial charge in [-0.05, 0) is 35.8 Å². The van der Waals surface area contributed by atoms with Crippen molar-refractivity contribution in [2.45, 2.75) is 20.3 Å². The fourth-order valence-electron chi connectivity index (χ4n) is 1.81. The fraction of sp³-hybridized carbons (Fsp3) is 0.333. The molecule has 0 radical (unpaired) electrons. The minimum absolute atomic E-state index is 0.0407. The average Bonchev–Trinajstić information content (AvgIpc) is 2.78. The quantitative estimate of drug-likeness (QED) is 0.818. The third-order valence-electron chi connectivity index (χ3n) is 2.87. The average molecular weight is 297 g/mol. The van der Waals surface area contributed by atoms with E-state index in [2.05, 4.69) is 21.0 Å². The zero-order chi connectivity index (χ0) is 12.6. The molecule has 0 aromatic carbocycles. The molecule has 0 unspecified atom stereocenters. The van der Waals surface area contributed by atoms with Crippen LogP contribution >= 0.6 is 15.9 Å². The maximum Gasteiger partial charge on any atom is 0.203 e. The summed E-state index contributed by atoms with van der Waals surface area (Å²) in [5.74, 6) is 0.328. The minimum Gasteiger partial charge on any atom is -0.460 e. The van der Waals surface area contributed by atoms with Crippen LogP contribution in [0.15, 0.2) is 21.2 Å². The van der Waals surface area contributed by atoms with Crippen molar-refractivity contribution < 1.29 is 9.21 Å². The van der Waals surface area contributed by atoms with E-state index in [4.69, 9.17) is 4.42 Å². The van der Waals surface area contributed by atoms with E-state index in [1.165, 1.54) is 6.26 Å². The third-order valence-corrected chi connectivity index (χ3v) is 3.49. The van der Waals surface area contributed by atoms with E-state index < -0.39 is 0 Å². The van der Waals surface area contributed by atoms with Crippen LogP contribution in [0, 0.1) is 13.8 Å². The molecule has 5 heteroatoms. The van der Waals surface area contributed by atoms with Crippen molar-refractivity contribution in [1.82, 2.24) is 9.78 Å². The number of furan rings is 1. The molecule has 0 saturated heterocycles. The Balaban J connectivity index is 2.28. The SMILES string of the molecule is Cc1nn(C)c(C)c1CC(=O)c1occc1Br. The molecule has 4 nitrogen and oxygen atoms in total. The van der Waals surface area contributed by atoms with Crippen LogP contribution in [0.5, 0.6) is 0 Å². The number of halogens is 1. The first-order chi connectivity index (χ1) is 8.00. The number of rotatable bonds is 3. The van der Waals surface area contributed by atoms with Gasteiger partial charge in [0.15, 0.2) is 5.76 Å². The van der Waals surface area contributed by atoms with Crippen molar-refractivity contribution >= 4 is 21.7 Å². The molecule has 0 amide bonds. The highest BCUT2D eigenvalue weighted by molar-refractivity contribution is 9.10. The van der Waals surface area contributed by atoms with Gasteiger partial charge in [-0.15, -0.1) is 0 Å². The molecule has 0 spiro atoms. The summed E-state index contributed by atoms with van der Waals surface area (Å²) >= 11 is 3.29. The molecule has 17 heavy (non-hydrogen) atoms. The first kappa shape index (κ1) is 12.1. The highest BCUT2D eigenvalue weighted by atomic mass is 79.9. The second-order valence-electron chi connectivity index (χ2n) is 3.97. The summed E-state index contributed by atoms with van der Waals surface area (Å²) in [6, 6.07) is 1.72. The first-order valence-corrected chi connectivity index (χ1v) is 6.05. The summed E-state index contributed by atoms with van der Waals surface area (Å²) < 4.78 is 7.64. The van der Waals surface area contributed by atoms with Gasteiger partial charge in [-0.3, -0.25) is 9.48 Å². The molecule has 90 valence electrons. The summed E-state index contributed by atoms with van der Waals surface area (Å²) in [5, 5.41) is 4.29. The van der Waals surface area contributed by atoms with E-state index in [-0.39, 0.29) is 5.78 Å². The number of aryl methyl sites for hydroxylation is 2. The number of aromatic nitrogens is 2. The Morgan fingerprint density at radius 3 is 2.71 bits per heavy atom. The van der Waals surface area contributed by atoms with Crippen LogP contribution in [0.4, 0.5) is 0 Å². The van der Waals surface area contributed by atoms with E-state index >= 15 is 0 Å². The van der Waals surface area contributed by atoms with Gasteiger partial charge in [0.2, 0.25) is 5.78 Å². The summed E-state index contributed by atoms with van der Waals surface area (Å²) in [4.78, 5) is 12.0. The standard InChI is InChI=1S/C12H13BrN2O2/c1-7-9(8(2)15(3)14-7)6-11(16)12-10(13)4-5-17-12/h4-5H,6H2,1-3H3. The molecule has 2 aromatic rings. The highest BCUT2D eigenvalue weighted by Crippen LogP contribution is 2.21. The Labute approximate surface area is 108 Å². The maximum atomic E-state index is 12.0. The van der Waals surface area contributed by atoms with Gasteiger partial charge in [-0.1, -0.05) is 0 Å². The van der Waals surface area contributed by atoms with Crippen LogP contribution < -0.4 is 0 Å². The van der Waals surface area contributed by atoms with E-state index in [9.17, 15) is 4.79 Å². The second-order valence-corrected chi connectivity index (χ2v) is 4.82. The van der Waals surface area contributed by atoms with Crippen LogP contribution in [-0.4, -0.2) is 15.6 Å². The highest BCUT2D eigenvalue weighted by Gasteiger charge is 2.18. The Morgan fingerprint density at radius 2 is 2.24 bits per heavy atom. The second kappa shape index (κ2) is 4.49. The Bertz CT molecular complexity index is 569. The molecule has 0 aliphatic rings. The number of carbonyl (C=O) groups excluding carboxylic acids is 1.